The smallest absolute Gasteiger partial charge is 0.242 e. The molecule has 0 saturated heterocycles. The Kier molecular flexibility index (Phi) is 5.87. The summed E-state index contributed by atoms with van der Waals surface area (Å²) < 4.78 is 28.7. The molecule has 1 amide bonds. The highest BCUT2D eigenvalue weighted by atomic mass is 35.5. The molecule has 0 unspecified atom stereocenters. The number of amides is 1. The maximum Gasteiger partial charge on any atom is 0.242 e. The normalized spacial score (nSPS) is 13.0. The van der Waals surface area contributed by atoms with Gasteiger partial charge in [-0.15, -0.1) is 0 Å². The number of carbonyl (C=O) groups is 1. The summed E-state index contributed by atoms with van der Waals surface area (Å²) in [5, 5.41) is 4.05. The molecule has 0 aliphatic heterocycles. The monoisotopic (exact) mass is 390 g/mol. The number of nitrogens with two attached hydrogens (primary N) is 1. The van der Waals surface area contributed by atoms with Gasteiger partial charge in [-0.3, -0.25) is 9.48 Å². The van der Waals surface area contributed by atoms with E-state index in [2.05, 4.69) is 9.82 Å². The van der Waals surface area contributed by atoms with Crippen molar-refractivity contribution in [1.29, 1.82) is 0 Å². The predicted molar refractivity (Wildman–Crippen MR) is 91.2 cm³/mol. The summed E-state index contributed by atoms with van der Waals surface area (Å²) in [4.78, 5) is 11.4. The number of sulfonamides is 1. The van der Waals surface area contributed by atoms with Crippen LogP contribution in [0.4, 0.5) is 0 Å². The number of nitrogens with zero attached hydrogens (tertiary/aromatic N) is 2. The molecule has 10 heteroatoms. The number of benzene rings is 1. The van der Waals surface area contributed by atoms with Crippen molar-refractivity contribution in [3.8, 4) is 0 Å². The first kappa shape index (κ1) is 18.7. The number of rotatable bonds is 7. The Morgan fingerprint density at radius 3 is 2.71 bits per heavy atom. The van der Waals surface area contributed by atoms with E-state index in [0.29, 0.717) is 0 Å². The van der Waals surface area contributed by atoms with Crippen LogP contribution in [-0.4, -0.2) is 30.7 Å². The van der Waals surface area contributed by atoms with Gasteiger partial charge in [-0.05, 0) is 24.1 Å². The fraction of sp³-hybridized carbons (Fsp3) is 0.286. The average Bonchev–Trinajstić information content (AvgIpc) is 2.91. The second kappa shape index (κ2) is 7.52. The molecular formula is C14H16Cl2N4O3S. The number of aromatic nitrogens is 2. The average molecular weight is 391 g/mol. The minimum absolute atomic E-state index is 0.0745. The second-order valence-corrected chi connectivity index (χ2v) is 7.75. The lowest BCUT2D eigenvalue weighted by Crippen LogP contribution is -2.37. The van der Waals surface area contributed by atoms with E-state index in [-0.39, 0.29) is 27.9 Å². The number of hydrogen-bond acceptors (Lipinski definition) is 4. The van der Waals surface area contributed by atoms with Gasteiger partial charge in [0.05, 0.1) is 22.2 Å². The zero-order chi connectivity index (χ0) is 17.9. The van der Waals surface area contributed by atoms with Crippen LogP contribution < -0.4 is 10.5 Å². The number of carbonyl (C=O) groups excluding carboxylic acids is 1. The fourth-order valence-corrected chi connectivity index (χ4v) is 3.96. The van der Waals surface area contributed by atoms with Crippen molar-refractivity contribution in [3.63, 3.8) is 0 Å². The molecule has 1 aromatic carbocycles. The zero-order valence-corrected chi connectivity index (χ0v) is 15.1. The van der Waals surface area contributed by atoms with Crippen LogP contribution in [-0.2, 0) is 28.3 Å². The Morgan fingerprint density at radius 2 is 2.12 bits per heavy atom. The largest absolute Gasteiger partial charge is 0.369 e. The molecule has 2 aromatic rings. The van der Waals surface area contributed by atoms with E-state index in [0.717, 1.165) is 5.56 Å². The van der Waals surface area contributed by atoms with Gasteiger partial charge in [0.15, 0.2) is 0 Å². The number of nitrogens with one attached hydrogen (secondary N) is 1. The Balaban J connectivity index is 2.13. The highest BCUT2D eigenvalue weighted by Gasteiger charge is 2.23. The molecule has 1 aromatic heterocycles. The van der Waals surface area contributed by atoms with E-state index in [1.54, 1.807) is 24.1 Å². The highest BCUT2D eigenvalue weighted by molar-refractivity contribution is 7.89. The molecular weight excluding hydrogens is 375 g/mol. The Labute approximate surface area is 149 Å². The maximum absolute atomic E-state index is 12.4. The van der Waals surface area contributed by atoms with Gasteiger partial charge in [0.2, 0.25) is 15.9 Å². The van der Waals surface area contributed by atoms with Crippen LogP contribution in [0.5, 0.6) is 0 Å². The number of aryl methyl sites for hydroxylation is 1. The van der Waals surface area contributed by atoms with Gasteiger partial charge >= 0.3 is 0 Å². The third-order valence-corrected chi connectivity index (χ3v) is 5.77. The van der Waals surface area contributed by atoms with E-state index in [1.165, 1.54) is 18.2 Å². The van der Waals surface area contributed by atoms with Crippen molar-refractivity contribution in [2.24, 2.45) is 18.7 Å². The number of hydrogen-bond donors (Lipinski definition) is 2. The van der Waals surface area contributed by atoms with Gasteiger partial charge in [0.1, 0.15) is 4.90 Å². The molecule has 1 atom stereocenters. The molecule has 0 bridgehead atoms. The first-order valence-electron chi connectivity index (χ1n) is 6.91. The Bertz CT molecular complexity index is 851. The van der Waals surface area contributed by atoms with E-state index in [1.807, 2.05) is 0 Å². The fourth-order valence-electron chi connectivity index (χ4n) is 2.11. The van der Waals surface area contributed by atoms with Crippen LogP contribution in [0.2, 0.25) is 10.0 Å². The quantitative estimate of drug-likeness (QED) is 0.743. The molecule has 0 radical (unpaired) electrons. The van der Waals surface area contributed by atoms with Crippen LogP contribution in [0.1, 0.15) is 5.56 Å². The van der Waals surface area contributed by atoms with E-state index in [9.17, 15) is 13.2 Å². The van der Waals surface area contributed by atoms with Gasteiger partial charge in [-0.1, -0.05) is 29.3 Å². The summed E-state index contributed by atoms with van der Waals surface area (Å²) in [5.74, 6) is -1.33. The van der Waals surface area contributed by atoms with Crippen molar-refractivity contribution >= 4 is 39.1 Å². The third kappa shape index (κ3) is 4.47. The van der Waals surface area contributed by atoms with Crippen LogP contribution in [0.15, 0.2) is 35.5 Å². The molecule has 130 valence electrons. The molecule has 24 heavy (non-hydrogen) atoms. The molecule has 7 nitrogen and oxygen atoms in total. The van der Waals surface area contributed by atoms with Crippen molar-refractivity contribution in [2.45, 2.75) is 11.3 Å². The summed E-state index contributed by atoms with van der Waals surface area (Å²) in [5.41, 5.74) is 6.14. The molecule has 0 aliphatic rings. The van der Waals surface area contributed by atoms with Crippen LogP contribution in [0, 0.1) is 5.92 Å². The number of primary amides is 1. The molecule has 0 saturated carbocycles. The van der Waals surface area contributed by atoms with Gasteiger partial charge in [0.25, 0.3) is 0 Å². The minimum Gasteiger partial charge on any atom is -0.369 e. The minimum atomic E-state index is -3.92. The summed E-state index contributed by atoms with van der Waals surface area (Å²) in [6.45, 7) is -0.157. The summed E-state index contributed by atoms with van der Waals surface area (Å²) in [6, 6.07) is 4.29. The van der Waals surface area contributed by atoms with Gasteiger partial charge in [-0.2, -0.15) is 5.10 Å². The predicted octanol–water partition coefficient (Wildman–Crippen LogP) is 1.35. The number of halogens is 2. The first-order valence-corrected chi connectivity index (χ1v) is 9.15. The van der Waals surface area contributed by atoms with Crippen molar-refractivity contribution < 1.29 is 13.2 Å². The molecule has 0 aliphatic carbocycles. The molecule has 2 rings (SSSR count). The van der Waals surface area contributed by atoms with E-state index in [4.69, 9.17) is 28.9 Å². The zero-order valence-electron chi connectivity index (χ0n) is 12.7. The summed E-state index contributed by atoms with van der Waals surface area (Å²) >= 11 is 11.8. The van der Waals surface area contributed by atoms with E-state index >= 15 is 0 Å². The van der Waals surface area contributed by atoms with Gasteiger partial charge in [-0.25, -0.2) is 13.1 Å². The van der Waals surface area contributed by atoms with Crippen LogP contribution in [0.3, 0.4) is 0 Å². The standard InChI is InChI=1S/C14H16Cl2N4O3S/c1-20-8-9(6-18-20)5-10(14(17)21)7-19-24(22,23)12-4-2-3-11(15)13(12)16/h2-4,6,8,10,19H,5,7H2,1H3,(H2,17,21)/t10-/m1/s1. The molecule has 3 N–H and O–H groups in total. The summed E-state index contributed by atoms with van der Waals surface area (Å²) in [6.07, 6.45) is 3.60. The molecule has 0 fully saturated rings. The highest BCUT2D eigenvalue weighted by Crippen LogP contribution is 2.28. The molecule has 1 heterocycles. The lowest BCUT2D eigenvalue weighted by Gasteiger charge is -2.14. The third-order valence-electron chi connectivity index (χ3n) is 3.37. The van der Waals surface area contributed by atoms with Gasteiger partial charge in [0, 0.05) is 19.8 Å². The Morgan fingerprint density at radius 1 is 1.42 bits per heavy atom. The maximum atomic E-state index is 12.4. The lowest BCUT2D eigenvalue weighted by atomic mass is 10.0. The van der Waals surface area contributed by atoms with E-state index < -0.39 is 21.8 Å². The van der Waals surface area contributed by atoms with Crippen molar-refractivity contribution in [2.75, 3.05) is 6.54 Å². The SMILES string of the molecule is Cn1cc(C[C@H](CNS(=O)(=O)c2cccc(Cl)c2Cl)C(N)=O)cn1. The Hall–Kier alpha value is -1.61. The van der Waals surface area contributed by atoms with Crippen LogP contribution in [0.25, 0.3) is 0 Å². The van der Waals surface area contributed by atoms with Crippen LogP contribution >= 0.6 is 23.2 Å². The second-order valence-electron chi connectivity index (χ2n) is 5.23. The van der Waals surface area contributed by atoms with Crippen molar-refractivity contribution in [1.82, 2.24) is 14.5 Å². The van der Waals surface area contributed by atoms with Gasteiger partial charge < -0.3 is 5.73 Å². The lowest BCUT2D eigenvalue weighted by molar-refractivity contribution is -0.121. The summed E-state index contributed by atoms with van der Waals surface area (Å²) in [7, 11) is -2.18. The topological polar surface area (TPSA) is 107 Å². The first-order chi connectivity index (χ1) is 11.2. The van der Waals surface area contributed by atoms with Crippen molar-refractivity contribution in [3.05, 3.63) is 46.2 Å². The molecule has 0 spiro atoms.